The molecule has 1 fully saturated rings. The zero-order chi connectivity index (χ0) is 17.4. The normalized spacial score (nSPS) is 14.8. The second-order valence-corrected chi connectivity index (χ2v) is 6.26. The van der Waals surface area contributed by atoms with Gasteiger partial charge in [0.25, 0.3) is 0 Å². The summed E-state index contributed by atoms with van der Waals surface area (Å²) in [5.74, 6) is 0.566. The largest absolute Gasteiger partial charge is 0.356 e. The maximum absolute atomic E-state index is 12.9. The molecule has 2 N–H and O–H groups in total. The monoisotopic (exact) mass is 462 g/mol. The van der Waals surface area contributed by atoms with Gasteiger partial charge in [0.1, 0.15) is 5.82 Å². The summed E-state index contributed by atoms with van der Waals surface area (Å²) in [6.07, 6.45) is 5.05. The van der Waals surface area contributed by atoms with E-state index in [0.717, 1.165) is 18.4 Å². The molecule has 1 amide bonds. The Morgan fingerprint density at radius 3 is 2.52 bits per heavy atom. The molecule has 0 bridgehead atoms. The van der Waals surface area contributed by atoms with Gasteiger partial charge in [-0.25, -0.2) is 4.39 Å². The lowest BCUT2D eigenvalue weighted by Crippen LogP contribution is -2.41. The minimum Gasteiger partial charge on any atom is -0.356 e. The van der Waals surface area contributed by atoms with Crippen LogP contribution in [0.2, 0.25) is 0 Å². The first-order chi connectivity index (χ1) is 11.6. The molecule has 1 saturated carbocycles. The predicted octanol–water partition coefficient (Wildman–Crippen LogP) is 2.90. The number of rotatable bonds is 6. The van der Waals surface area contributed by atoms with Crippen LogP contribution in [0.3, 0.4) is 0 Å². The van der Waals surface area contributed by atoms with Gasteiger partial charge in [0.05, 0.1) is 0 Å². The molecule has 1 aliphatic rings. The Morgan fingerprint density at radius 2 is 1.92 bits per heavy atom. The molecule has 1 aliphatic carbocycles. The number of nitrogens with zero attached hydrogens (tertiary/aromatic N) is 2. The van der Waals surface area contributed by atoms with Crippen molar-refractivity contribution in [1.82, 2.24) is 15.5 Å². The average Bonchev–Trinajstić information content (AvgIpc) is 3.06. The maximum Gasteiger partial charge on any atom is 0.221 e. The van der Waals surface area contributed by atoms with Crippen molar-refractivity contribution < 1.29 is 9.18 Å². The van der Waals surface area contributed by atoms with E-state index < -0.39 is 0 Å². The topological polar surface area (TPSA) is 56.7 Å². The third-order valence-electron chi connectivity index (χ3n) is 4.26. The van der Waals surface area contributed by atoms with Crippen LogP contribution in [-0.2, 0) is 11.3 Å². The standard InChI is InChI=1S/C18H27FN4O.HI/c1-20-18(23(2)13-14-7-9-15(19)10-8-14)21-12-11-17(24)22-16-5-3-4-6-16;/h7-10,16H,3-6,11-13H2,1-2H3,(H,20,21)(H,22,24);1H. The van der Waals surface area contributed by atoms with Gasteiger partial charge >= 0.3 is 0 Å². The lowest BCUT2D eigenvalue weighted by Gasteiger charge is -2.22. The molecule has 1 aromatic carbocycles. The highest BCUT2D eigenvalue weighted by Crippen LogP contribution is 2.17. The number of hydrogen-bond donors (Lipinski definition) is 2. The summed E-state index contributed by atoms with van der Waals surface area (Å²) >= 11 is 0. The first-order valence-electron chi connectivity index (χ1n) is 8.54. The lowest BCUT2D eigenvalue weighted by molar-refractivity contribution is -0.121. The third kappa shape index (κ3) is 7.58. The number of amides is 1. The molecule has 0 aromatic heterocycles. The molecule has 140 valence electrons. The van der Waals surface area contributed by atoms with Gasteiger partial charge in [-0.3, -0.25) is 9.79 Å². The predicted molar refractivity (Wildman–Crippen MR) is 110 cm³/mol. The summed E-state index contributed by atoms with van der Waals surface area (Å²) in [6.45, 7) is 1.16. The average molecular weight is 462 g/mol. The summed E-state index contributed by atoms with van der Waals surface area (Å²) in [5.41, 5.74) is 1.00. The molecule has 0 spiro atoms. The number of carbonyl (C=O) groups is 1. The number of halogens is 2. The molecule has 7 heteroatoms. The SMILES string of the molecule is CN=C(NCCC(=O)NC1CCCC1)N(C)Cc1ccc(F)cc1.I. The van der Waals surface area contributed by atoms with Crippen LogP contribution in [0, 0.1) is 5.82 Å². The molecular formula is C18H28FIN4O. The van der Waals surface area contributed by atoms with Crippen molar-refractivity contribution in [2.75, 3.05) is 20.6 Å². The van der Waals surface area contributed by atoms with Gasteiger partial charge in [-0.15, -0.1) is 24.0 Å². The van der Waals surface area contributed by atoms with E-state index in [0.29, 0.717) is 31.5 Å². The molecule has 0 saturated heterocycles. The van der Waals surface area contributed by atoms with Gasteiger partial charge in [-0.05, 0) is 30.5 Å². The quantitative estimate of drug-likeness (QED) is 0.389. The number of carbonyl (C=O) groups excluding carboxylic acids is 1. The number of nitrogens with one attached hydrogen (secondary N) is 2. The number of hydrogen-bond acceptors (Lipinski definition) is 2. The van der Waals surface area contributed by atoms with Crippen LogP contribution >= 0.6 is 24.0 Å². The summed E-state index contributed by atoms with van der Waals surface area (Å²) in [4.78, 5) is 18.1. The fourth-order valence-electron chi connectivity index (χ4n) is 2.98. The van der Waals surface area contributed by atoms with Gasteiger partial charge in [-0.2, -0.15) is 0 Å². The summed E-state index contributed by atoms with van der Waals surface area (Å²) < 4.78 is 12.9. The maximum atomic E-state index is 12.9. The van der Waals surface area contributed by atoms with Gasteiger partial charge in [0.2, 0.25) is 5.91 Å². The van der Waals surface area contributed by atoms with E-state index in [9.17, 15) is 9.18 Å². The van der Waals surface area contributed by atoms with E-state index in [1.165, 1.54) is 25.0 Å². The highest BCUT2D eigenvalue weighted by molar-refractivity contribution is 14.0. The van der Waals surface area contributed by atoms with E-state index in [4.69, 9.17) is 0 Å². The molecule has 5 nitrogen and oxygen atoms in total. The Kier molecular flexibility index (Phi) is 9.77. The van der Waals surface area contributed by atoms with Crippen LogP contribution in [-0.4, -0.2) is 43.4 Å². The van der Waals surface area contributed by atoms with Crippen molar-refractivity contribution in [3.63, 3.8) is 0 Å². The summed E-state index contributed by atoms with van der Waals surface area (Å²) in [7, 11) is 3.62. The molecule has 0 radical (unpaired) electrons. The van der Waals surface area contributed by atoms with Crippen LogP contribution in [0.4, 0.5) is 4.39 Å². The first kappa shape index (κ1) is 21.7. The molecule has 25 heavy (non-hydrogen) atoms. The van der Waals surface area contributed by atoms with E-state index in [1.54, 1.807) is 19.2 Å². The zero-order valence-corrected chi connectivity index (χ0v) is 17.3. The van der Waals surface area contributed by atoms with E-state index in [2.05, 4.69) is 15.6 Å². The third-order valence-corrected chi connectivity index (χ3v) is 4.26. The van der Waals surface area contributed by atoms with Crippen LogP contribution in [0.15, 0.2) is 29.3 Å². The smallest absolute Gasteiger partial charge is 0.221 e. The van der Waals surface area contributed by atoms with Gasteiger partial charge in [-0.1, -0.05) is 25.0 Å². The molecule has 0 atom stereocenters. The minimum atomic E-state index is -0.239. The highest BCUT2D eigenvalue weighted by atomic mass is 127. The molecule has 2 rings (SSSR count). The summed E-state index contributed by atoms with van der Waals surface area (Å²) in [5, 5.41) is 6.27. The number of benzene rings is 1. The Labute approximate surface area is 166 Å². The lowest BCUT2D eigenvalue weighted by atomic mass is 10.2. The van der Waals surface area contributed by atoms with Gasteiger partial charge in [0.15, 0.2) is 5.96 Å². The summed E-state index contributed by atoms with van der Waals surface area (Å²) in [6, 6.07) is 6.78. The highest BCUT2D eigenvalue weighted by Gasteiger charge is 2.16. The van der Waals surface area contributed by atoms with Crippen molar-refractivity contribution in [2.45, 2.75) is 44.7 Å². The Bertz CT molecular complexity index is 559. The molecule has 0 aliphatic heterocycles. The van der Waals surface area contributed by atoms with Crippen LogP contribution < -0.4 is 10.6 Å². The van der Waals surface area contributed by atoms with Crippen molar-refractivity contribution in [2.24, 2.45) is 4.99 Å². The van der Waals surface area contributed by atoms with E-state index in [1.807, 2.05) is 11.9 Å². The number of guanidine groups is 1. The Hall–Kier alpha value is -1.38. The second kappa shape index (κ2) is 11.3. The Morgan fingerprint density at radius 1 is 1.28 bits per heavy atom. The van der Waals surface area contributed by atoms with Gasteiger partial charge in [0, 0.05) is 39.6 Å². The minimum absolute atomic E-state index is 0. The zero-order valence-electron chi connectivity index (χ0n) is 14.9. The van der Waals surface area contributed by atoms with E-state index in [-0.39, 0.29) is 35.7 Å². The van der Waals surface area contributed by atoms with Crippen LogP contribution in [0.25, 0.3) is 0 Å². The van der Waals surface area contributed by atoms with E-state index >= 15 is 0 Å². The van der Waals surface area contributed by atoms with Crippen molar-refractivity contribution in [3.8, 4) is 0 Å². The Balaban J connectivity index is 0.00000312. The fourth-order valence-corrected chi connectivity index (χ4v) is 2.98. The molecule has 1 aromatic rings. The second-order valence-electron chi connectivity index (χ2n) is 6.26. The molecule has 0 unspecified atom stereocenters. The van der Waals surface area contributed by atoms with Crippen molar-refractivity contribution in [1.29, 1.82) is 0 Å². The first-order valence-corrected chi connectivity index (χ1v) is 8.54. The molecular weight excluding hydrogens is 434 g/mol. The van der Waals surface area contributed by atoms with Crippen LogP contribution in [0.1, 0.15) is 37.7 Å². The van der Waals surface area contributed by atoms with Crippen molar-refractivity contribution in [3.05, 3.63) is 35.6 Å². The van der Waals surface area contributed by atoms with Gasteiger partial charge < -0.3 is 15.5 Å². The fraction of sp³-hybridized carbons (Fsp3) is 0.556. The van der Waals surface area contributed by atoms with Crippen LogP contribution in [0.5, 0.6) is 0 Å². The number of aliphatic imine (C=N–C) groups is 1. The molecule has 0 heterocycles. The van der Waals surface area contributed by atoms with Crippen molar-refractivity contribution >= 4 is 35.8 Å².